The lowest BCUT2D eigenvalue weighted by molar-refractivity contribution is 0.0963. The van der Waals surface area contributed by atoms with Crippen molar-refractivity contribution in [2.75, 3.05) is 0 Å². The van der Waals surface area contributed by atoms with Crippen LogP contribution in [-0.2, 0) is 6.42 Å². The van der Waals surface area contributed by atoms with Crippen LogP contribution in [0.15, 0.2) is 54.7 Å². The van der Waals surface area contributed by atoms with Crippen molar-refractivity contribution >= 4 is 17.4 Å². The molecule has 0 saturated carbocycles. The number of hydrogen-bond donors (Lipinski definition) is 0. The number of aromatic nitrogens is 2. The highest BCUT2D eigenvalue weighted by Crippen LogP contribution is 2.34. The molecule has 5 heteroatoms. The summed E-state index contributed by atoms with van der Waals surface area (Å²) in [6, 6.07) is 13.7. The van der Waals surface area contributed by atoms with Crippen LogP contribution in [0, 0.1) is 5.82 Å². The number of hydrogen-bond acceptors (Lipinski definition) is 2. The van der Waals surface area contributed by atoms with Crippen LogP contribution in [0.1, 0.15) is 34.0 Å². The predicted molar refractivity (Wildman–Crippen MR) is 90.4 cm³/mol. The van der Waals surface area contributed by atoms with E-state index in [1.165, 1.54) is 12.1 Å². The molecule has 2 aromatic carbocycles. The molecule has 3 aromatic rings. The van der Waals surface area contributed by atoms with E-state index in [9.17, 15) is 9.18 Å². The largest absolute Gasteiger partial charge is 0.294 e. The Bertz CT molecular complexity index is 917. The second-order valence-electron chi connectivity index (χ2n) is 5.98. The maximum absolute atomic E-state index is 13.2. The quantitative estimate of drug-likeness (QED) is 0.684. The summed E-state index contributed by atoms with van der Waals surface area (Å²) >= 11 is 6.08. The standard InChI is InChI=1S/C19H14ClFN2O/c20-14-3-1-2-12(8-14)13-9-18-17(19(24)10-13)11-22-23(18)16-6-4-15(21)5-7-16/h1-8,11,13H,9-10H2/t13-/m0/s1. The van der Waals surface area contributed by atoms with E-state index in [1.807, 2.05) is 24.3 Å². The molecule has 0 saturated heterocycles. The minimum absolute atomic E-state index is 0.0691. The molecule has 1 heterocycles. The molecule has 0 radical (unpaired) electrons. The fourth-order valence-corrected chi connectivity index (χ4v) is 3.44. The first kappa shape index (κ1) is 15.1. The van der Waals surface area contributed by atoms with Crippen LogP contribution in [-0.4, -0.2) is 15.6 Å². The second-order valence-corrected chi connectivity index (χ2v) is 6.41. The Morgan fingerprint density at radius 3 is 2.67 bits per heavy atom. The van der Waals surface area contributed by atoms with E-state index in [0.717, 1.165) is 16.9 Å². The van der Waals surface area contributed by atoms with Gasteiger partial charge in [0.25, 0.3) is 0 Å². The molecule has 0 fully saturated rings. The van der Waals surface area contributed by atoms with Crippen molar-refractivity contribution in [1.29, 1.82) is 0 Å². The Morgan fingerprint density at radius 2 is 1.92 bits per heavy atom. The molecule has 4 rings (SSSR count). The fraction of sp³-hybridized carbons (Fsp3) is 0.158. The van der Waals surface area contributed by atoms with Gasteiger partial charge in [0.1, 0.15) is 5.82 Å². The molecule has 1 atom stereocenters. The highest BCUT2D eigenvalue weighted by Gasteiger charge is 2.30. The first-order valence-electron chi connectivity index (χ1n) is 7.73. The Kier molecular flexibility index (Phi) is 3.69. The number of nitrogens with zero attached hydrogens (tertiary/aromatic N) is 2. The van der Waals surface area contributed by atoms with Crippen molar-refractivity contribution in [3.63, 3.8) is 0 Å². The van der Waals surface area contributed by atoms with Gasteiger partial charge in [0, 0.05) is 11.4 Å². The third-order valence-electron chi connectivity index (χ3n) is 4.43. The van der Waals surface area contributed by atoms with Crippen LogP contribution >= 0.6 is 11.6 Å². The van der Waals surface area contributed by atoms with Crippen molar-refractivity contribution in [2.24, 2.45) is 0 Å². The molecule has 0 aliphatic heterocycles. The van der Waals surface area contributed by atoms with Gasteiger partial charge in [-0.2, -0.15) is 5.10 Å². The van der Waals surface area contributed by atoms with Gasteiger partial charge >= 0.3 is 0 Å². The highest BCUT2D eigenvalue weighted by molar-refractivity contribution is 6.30. The van der Waals surface area contributed by atoms with E-state index in [1.54, 1.807) is 23.0 Å². The van der Waals surface area contributed by atoms with Gasteiger partial charge in [-0.05, 0) is 54.3 Å². The molecule has 1 aromatic heterocycles. The van der Waals surface area contributed by atoms with Crippen molar-refractivity contribution in [3.8, 4) is 5.69 Å². The molecule has 1 aliphatic carbocycles. The van der Waals surface area contributed by atoms with Crippen molar-refractivity contribution in [1.82, 2.24) is 9.78 Å². The van der Waals surface area contributed by atoms with E-state index in [2.05, 4.69) is 5.10 Å². The maximum atomic E-state index is 13.2. The minimum Gasteiger partial charge on any atom is -0.294 e. The first-order valence-corrected chi connectivity index (χ1v) is 8.11. The summed E-state index contributed by atoms with van der Waals surface area (Å²) in [5, 5.41) is 5.01. The zero-order valence-electron chi connectivity index (χ0n) is 12.7. The van der Waals surface area contributed by atoms with E-state index >= 15 is 0 Å². The molecule has 24 heavy (non-hydrogen) atoms. The molecule has 1 aliphatic rings. The molecule has 3 nitrogen and oxygen atoms in total. The van der Waals surface area contributed by atoms with Crippen molar-refractivity contribution in [3.05, 3.63) is 82.4 Å². The number of fused-ring (bicyclic) bond motifs is 1. The van der Waals surface area contributed by atoms with E-state index < -0.39 is 0 Å². The minimum atomic E-state index is -0.298. The van der Waals surface area contributed by atoms with Gasteiger partial charge in [0.05, 0.1) is 23.1 Å². The lowest BCUT2D eigenvalue weighted by atomic mass is 9.82. The SMILES string of the molecule is O=C1C[C@@H](c2cccc(Cl)c2)Cc2c1cnn2-c1ccc(F)cc1. The normalized spacial score (nSPS) is 16.9. The van der Waals surface area contributed by atoms with Crippen molar-refractivity contribution in [2.45, 2.75) is 18.8 Å². The predicted octanol–water partition coefficient (Wildman–Crippen LogP) is 4.58. The Balaban J connectivity index is 1.75. The summed E-state index contributed by atoms with van der Waals surface area (Å²) in [4.78, 5) is 12.5. The monoisotopic (exact) mass is 340 g/mol. The summed E-state index contributed by atoms with van der Waals surface area (Å²) < 4.78 is 14.9. The first-order chi connectivity index (χ1) is 11.6. The number of carbonyl (C=O) groups is 1. The molecule has 0 N–H and O–H groups in total. The van der Waals surface area contributed by atoms with Crippen LogP contribution in [0.5, 0.6) is 0 Å². The molecule has 0 spiro atoms. The third kappa shape index (κ3) is 2.63. The number of Topliss-reactive ketones (excluding diaryl/α,β-unsaturated/α-hetero) is 1. The topological polar surface area (TPSA) is 34.9 Å². The zero-order chi connectivity index (χ0) is 16.7. The maximum Gasteiger partial charge on any atom is 0.166 e. The van der Waals surface area contributed by atoms with Crippen LogP contribution < -0.4 is 0 Å². The number of halogens is 2. The molecule has 0 bridgehead atoms. The Labute approximate surface area is 143 Å². The van der Waals surface area contributed by atoms with Crippen LogP contribution in [0.25, 0.3) is 5.69 Å². The van der Waals surface area contributed by atoms with Gasteiger partial charge in [-0.3, -0.25) is 4.79 Å². The third-order valence-corrected chi connectivity index (χ3v) is 4.67. The van der Waals surface area contributed by atoms with E-state index in [4.69, 9.17) is 11.6 Å². The second kappa shape index (κ2) is 5.87. The van der Waals surface area contributed by atoms with Crippen LogP contribution in [0.3, 0.4) is 0 Å². The number of rotatable bonds is 2. The molecular formula is C19H14ClFN2O. The number of carbonyl (C=O) groups excluding carboxylic acids is 1. The highest BCUT2D eigenvalue weighted by atomic mass is 35.5. The summed E-state index contributed by atoms with van der Waals surface area (Å²) in [6.07, 6.45) is 2.75. The fourth-order valence-electron chi connectivity index (χ4n) is 3.24. The Hall–Kier alpha value is -2.46. The average Bonchev–Trinajstić information content (AvgIpc) is 3.00. The summed E-state index contributed by atoms with van der Waals surface area (Å²) in [7, 11) is 0. The molecule has 0 unspecified atom stereocenters. The van der Waals surface area contributed by atoms with Crippen LogP contribution in [0.2, 0.25) is 5.02 Å². The zero-order valence-corrected chi connectivity index (χ0v) is 13.5. The molecule has 120 valence electrons. The summed E-state index contributed by atoms with van der Waals surface area (Å²) in [6.45, 7) is 0. The van der Waals surface area contributed by atoms with Gasteiger partial charge in [-0.1, -0.05) is 23.7 Å². The van der Waals surface area contributed by atoms with Crippen molar-refractivity contribution < 1.29 is 9.18 Å². The van der Waals surface area contributed by atoms with E-state index in [0.29, 0.717) is 23.4 Å². The van der Waals surface area contributed by atoms with Gasteiger partial charge in [0.2, 0.25) is 0 Å². The summed E-state index contributed by atoms with van der Waals surface area (Å²) in [5.74, 6) is -0.151. The van der Waals surface area contributed by atoms with Gasteiger partial charge in [-0.15, -0.1) is 0 Å². The molecular weight excluding hydrogens is 327 g/mol. The Morgan fingerprint density at radius 1 is 1.12 bits per heavy atom. The van der Waals surface area contributed by atoms with Crippen LogP contribution in [0.4, 0.5) is 4.39 Å². The van der Waals surface area contributed by atoms with Gasteiger partial charge < -0.3 is 0 Å². The number of ketones is 1. The van der Waals surface area contributed by atoms with Gasteiger partial charge in [0.15, 0.2) is 5.78 Å². The lowest BCUT2D eigenvalue weighted by Gasteiger charge is -2.23. The smallest absolute Gasteiger partial charge is 0.166 e. The lowest BCUT2D eigenvalue weighted by Crippen LogP contribution is -2.20. The van der Waals surface area contributed by atoms with Gasteiger partial charge in [-0.25, -0.2) is 9.07 Å². The number of benzene rings is 2. The molecule has 0 amide bonds. The summed E-state index contributed by atoms with van der Waals surface area (Å²) in [5.41, 5.74) is 3.31. The van der Waals surface area contributed by atoms with E-state index in [-0.39, 0.29) is 17.5 Å². The average molecular weight is 341 g/mol.